The molecule has 2 heterocycles. The molecule has 1 aromatic carbocycles. The number of morpholine rings is 1. The van der Waals surface area contributed by atoms with Gasteiger partial charge in [0, 0.05) is 25.7 Å². The van der Waals surface area contributed by atoms with Crippen molar-refractivity contribution in [3.63, 3.8) is 0 Å². The van der Waals surface area contributed by atoms with E-state index in [1.54, 1.807) is 16.7 Å². The standard InChI is InChI=1S/C16H19N3O3/c1-18-15(12-4-3-5-13(10-12)21-2)11-14(17-18)16(20)19-6-8-22-9-7-19/h3-5,10-11H,6-9H2,1-2H3. The van der Waals surface area contributed by atoms with E-state index in [0.717, 1.165) is 17.0 Å². The quantitative estimate of drug-likeness (QED) is 0.863. The Balaban J connectivity index is 1.88. The summed E-state index contributed by atoms with van der Waals surface area (Å²) in [7, 11) is 3.47. The van der Waals surface area contributed by atoms with E-state index in [1.807, 2.05) is 37.4 Å². The predicted molar refractivity (Wildman–Crippen MR) is 81.9 cm³/mol. The zero-order chi connectivity index (χ0) is 15.5. The van der Waals surface area contributed by atoms with Gasteiger partial charge in [-0.1, -0.05) is 12.1 Å². The Hall–Kier alpha value is -2.34. The highest BCUT2D eigenvalue weighted by atomic mass is 16.5. The number of hydrogen-bond donors (Lipinski definition) is 0. The maximum Gasteiger partial charge on any atom is 0.274 e. The predicted octanol–water partition coefficient (Wildman–Crippen LogP) is 1.57. The molecule has 1 fully saturated rings. The Morgan fingerprint density at radius 2 is 2.05 bits per heavy atom. The van der Waals surface area contributed by atoms with E-state index in [1.165, 1.54) is 0 Å². The van der Waals surface area contributed by atoms with Crippen molar-refractivity contribution >= 4 is 5.91 Å². The Kier molecular flexibility index (Phi) is 4.11. The molecule has 22 heavy (non-hydrogen) atoms. The molecular weight excluding hydrogens is 282 g/mol. The highest BCUT2D eigenvalue weighted by Gasteiger charge is 2.22. The second-order valence-corrected chi connectivity index (χ2v) is 5.17. The molecule has 0 saturated carbocycles. The monoisotopic (exact) mass is 301 g/mol. The van der Waals surface area contributed by atoms with Gasteiger partial charge in [-0.2, -0.15) is 5.10 Å². The fourth-order valence-electron chi connectivity index (χ4n) is 2.55. The molecule has 0 unspecified atom stereocenters. The summed E-state index contributed by atoms with van der Waals surface area (Å²) in [6.07, 6.45) is 0. The van der Waals surface area contributed by atoms with Crippen LogP contribution in [-0.2, 0) is 11.8 Å². The molecular formula is C16H19N3O3. The van der Waals surface area contributed by atoms with E-state index >= 15 is 0 Å². The number of nitrogens with zero attached hydrogens (tertiary/aromatic N) is 3. The minimum absolute atomic E-state index is 0.0481. The Morgan fingerprint density at radius 3 is 2.77 bits per heavy atom. The highest BCUT2D eigenvalue weighted by molar-refractivity contribution is 5.93. The fraction of sp³-hybridized carbons (Fsp3) is 0.375. The summed E-state index contributed by atoms with van der Waals surface area (Å²) >= 11 is 0. The third-order valence-corrected chi connectivity index (χ3v) is 3.76. The summed E-state index contributed by atoms with van der Waals surface area (Å²) in [5, 5.41) is 4.36. The molecule has 0 bridgehead atoms. The number of carbonyl (C=O) groups is 1. The minimum Gasteiger partial charge on any atom is -0.497 e. The van der Waals surface area contributed by atoms with Crippen LogP contribution in [0.25, 0.3) is 11.3 Å². The molecule has 0 radical (unpaired) electrons. The van der Waals surface area contributed by atoms with E-state index in [2.05, 4.69) is 5.10 Å². The van der Waals surface area contributed by atoms with Crippen molar-refractivity contribution in [1.29, 1.82) is 0 Å². The normalized spacial score (nSPS) is 14.9. The lowest BCUT2D eigenvalue weighted by Gasteiger charge is -2.25. The van der Waals surface area contributed by atoms with Crippen LogP contribution in [0.5, 0.6) is 5.75 Å². The Morgan fingerprint density at radius 1 is 1.27 bits per heavy atom. The van der Waals surface area contributed by atoms with Crippen molar-refractivity contribution in [2.45, 2.75) is 0 Å². The van der Waals surface area contributed by atoms with Crippen LogP contribution in [0.15, 0.2) is 30.3 Å². The molecule has 0 aliphatic carbocycles. The number of benzene rings is 1. The van der Waals surface area contributed by atoms with Crippen LogP contribution >= 0.6 is 0 Å². The lowest BCUT2D eigenvalue weighted by Crippen LogP contribution is -2.40. The van der Waals surface area contributed by atoms with E-state index in [9.17, 15) is 4.79 Å². The average Bonchev–Trinajstić information content (AvgIpc) is 2.97. The van der Waals surface area contributed by atoms with Crippen LogP contribution in [-0.4, -0.2) is 54.0 Å². The van der Waals surface area contributed by atoms with Gasteiger partial charge < -0.3 is 14.4 Å². The lowest BCUT2D eigenvalue weighted by molar-refractivity contribution is 0.0298. The first kappa shape index (κ1) is 14.6. The van der Waals surface area contributed by atoms with E-state index in [4.69, 9.17) is 9.47 Å². The first-order valence-corrected chi connectivity index (χ1v) is 7.24. The van der Waals surface area contributed by atoms with Crippen molar-refractivity contribution in [3.05, 3.63) is 36.0 Å². The third kappa shape index (κ3) is 2.82. The maximum absolute atomic E-state index is 12.5. The lowest BCUT2D eigenvalue weighted by atomic mass is 10.1. The summed E-state index contributed by atoms with van der Waals surface area (Å²) in [4.78, 5) is 14.3. The molecule has 1 aromatic heterocycles. The summed E-state index contributed by atoms with van der Waals surface area (Å²) in [5.74, 6) is 0.729. The summed E-state index contributed by atoms with van der Waals surface area (Å²) in [6, 6.07) is 9.54. The van der Waals surface area contributed by atoms with Crippen molar-refractivity contribution in [3.8, 4) is 17.0 Å². The van der Waals surface area contributed by atoms with E-state index in [0.29, 0.717) is 32.0 Å². The van der Waals surface area contributed by atoms with Crippen LogP contribution in [0, 0.1) is 0 Å². The minimum atomic E-state index is -0.0481. The molecule has 0 atom stereocenters. The number of ether oxygens (including phenoxy) is 2. The van der Waals surface area contributed by atoms with Crippen molar-refractivity contribution in [2.75, 3.05) is 33.4 Å². The number of amides is 1. The largest absolute Gasteiger partial charge is 0.497 e. The van der Waals surface area contributed by atoms with Gasteiger partial charge in [0.25, 0.3) is 5.91 Å². The summed E-state index contributed by atoms with van der Waals surface area (Å²) in [5.41, 5.74) is 2.31. The molecule has 3 rings (SSSR count). The second kappa shape index (κ2) is 6.19. The summed E-state index contributed by atoms with van der Waals surface area (Å²) in [6.45, 7) is 2.40. The Bertz CT molecular complexity index is 675. The van der Waals surface area contributed by atoms with Crippen molar-refractivity contribution < 1.29 is 14.3 Å². The number of methoxy groups -OCH3 is 1. The highest BCUT2D eigenvalue weighted by Crippen LogP contribution is 2.24. The van der Waals surface area contributed by atoms with Crippen LogP contribution < -0.4 is 4.74 Å². The van der Waals surface area contributed by atoms with E-state index in [-0.39, 0.29) is 5.91 Å². The van der Waals surface area contributed by atoms with Crippen LogP contribution in [0.3, 0.4) is 0 Å². The maximum atomic E-state index is 12.5. The molecule has 1 saturated heterocycles. The fourth-order valence-corrected chi connectivity index (χ4v) is 2.55. The first-order valence-electron chi connectivity index (χ1n) is 7.24. The van der Waals surface area contributed by atoms with Gasteiger partial charge in [-0.05, 0) is 18.2 Å². The average molecular weight is 301 g/mol. The van der Waals surface area contributed by atoms with Crippen LogP contribution in [0.1, 0.15) is 10.5 Å². The molecule has 0 spiro atoms. The SMILES string of the molecule is COc1cccc(-c2cc(C(=O)N3CCOCC3)nn2C)c1. The smallest absolute Gasteiger partial charge is 0.274 e. The molecule has 0 N–H and O–H groups in total. The summed E-state index contributed by atoms with van der Waals surface area (Å²) < 4.78 is 12.2. The van der Waals surface area contributed by atoms with Crippen LogP contribution in [0.4, 0.5) is 0 Å². The van der Waals surface area contributed by atoms with Gasteiger partial charge in [0.2, 0.25) is 0 Å². The van der Waals surface area contributed by atoms with E-state index < -0.39 is 0 Å². The van der Waals surface area contributed by atoms with Crippen molar-refractivity contribution in [1.82, 2.24) is 14.7 Å². The van der Waals surface area contributed by atoms with Crippen molar-refractivity contribution in [2.24, 2.45) is 7.05 Å². The first-order chi connectivity index (χ1) is 10.7. The molecule has 1 aliphatic rings. The van der Waals surface area contributed by atoms with Gasteiger partial charge in [0.1, 0.15) is 5.75 Å². The number of aryl methyl sites for hydroxylation is 1. The number of carbonyl (C=O) groups excluding carboxylic acids is 1. The van der Waals surface area contributed by atoms with Gasteiger partial charge in [0.05, 0.1) is 26.0 Å². The number of hydrogen-bond acceptors (Lipinski definition) is 4. The topological polar surface area (TPSA) is 56.6 Å². The number of rotatable bonds is 3. The van der Waals surface area contributed by atoms with Crippen LogP contribution in [0.2, 0.25) is 0 Å². The molecule has 1 aliphatic heterocycles. The third-order valence-electron chi connectivity index (χ3n) is 3.76. The molecule has 6 heteroatoms. The number of aromatic nitrogens is 2. The zero-order valence-corrected chi connectivity index (χ0v) is 12.8. The van der Waals surface area contributed by atoms with Gasteiger partial charge in [0.15, 0.2) is 5.69 Å². The zero-order valence-electron chi connectivity index (χ0n) is 12.8. The Labute approximate surface area is 129 Å². The second-order valence-electron chi connectivity index (χ2n) is 5.17. The molecule has 6 nitrogen and oxygen atoms in total. The van der Waals surface area contributed by atoms with Gasteiger partial charge in [-0.15, -0.1) is 0 Å². The van der Waals surface area contributed by atoms with Gasteiger partial charge >= 0.3 is 0 Å². The molecule has 1 amide bonds. The molecule has 2 aromatic rings. The van der Waals surface area contributed by atoms with Gasteiger partial charge in [-0.25, -0.2) is 0 Å². The molecule has 116 valence electrons. The van der Waals surface area contributed by atoms with Gasteiger partial charge in [-0.3, -0.25) is 9.48 Å².